The third-order valence-electron chi connectivity index (χ3n) is 1.03. The Morgan fingerprint density at radius 2 is 2.27 bits per heavy atom. The first kappa shape index (κ1) is 10.2. The van der Waals surface area contributed by atoms with Crippen molar-refractivity contribution >= 4 is 17.0 Å². The summed E-state index contributed by atoms with van der Waals surface area (Å²) in [5.41, 5.74) is -0.789. The lowest BCUT2D eigenvalue weighted by Crippen LogP contribution is -1.92. The van der Waals surface area contributed by atoms with Crippen LogP contribution < -0.4 is 0 Å². The summed E-state index contributed by atoms with van der Waals surface area (Å²) in [4.78, 5) is 10.3. The lowest BCUT2D eigenvalue weighted by molar-refractivity contribution is 0.200. The van der Waals surface area contributed by atoms with Gasteiger partial charge in [-0.2, -0.15) is 0 Å². The van der Waals surface area contributed by atoms with Crippen LogP contribution in [0, 0.1) is 0 Å². The first-order valence-corrected chi connectivity index (χ1v) is 3.77. The number of rotatable bonds is 3. The molecule has 0 radical (unpaired) electrons. The maximum Gasteiger partial charge on any atom is 0.408 e. The smallest absolute Gasteiger partial charge is 0.408 e. The molecule has 2 nitrogen and oxygen atoms in total. The van der Waals surface area contributed by atoms with Crippen molar-refractivity contribution in [2.45, 2.75) is 20.3 Å². The van der Waals surface area contributed by atoms with Gasteiger partial charge in [-0.1, -0.05) is 19.1 Å². The van der Waals surface area contributed by atoms with Crippen molar-refractivity contribution in [1.29, 1.82) is 0 Å². The molecule has 0 rings (SSSR count). The van der Waals surface area contributed by atoms with Crippen molar-refractivity contribution < 1.29 is 9.53 Å². The molecule has 0 saturated heterocycles. The summed E-state index contributed by atoms with van der Waals surface area (Å²) in [5, 5.41) is 0. The summed E-state index contributed by atoms with van der Waals surface area (Å²) in [6.07, 6.45) is 6.00. The highest BCUT2D eigenvalue weighted by Crippen LogP contribution is 2.05. The van der Waals surface area contributed by atoms with Crippen LogP contribution in [0.3, 0.4) is 0 Å². The van der Waals surface area contributed by atoms with E-state index in [-0.39, 0.29) is 0 Å². The van der Waals surface area contributed by atoms with E-state index in [1.807, 2.05) is 19.9 Å². The molecule has 3 heteroatoms. The monoisotopic (exact) mass is 174 g/mol. The summed E-state index contributed by atoms with van der Waals surface area (Å²) in [6.45, 7) is 3.77. The lowest BCUT2D eigenvalue weighted by Gasteiger charge is -1.99. The fourth-order valence-corrected chi connectivity index (χ4v) is 0.630. The third kappa shape index (κ3) is 5.67. The van der Waals surface area contributed by atoms with Crippen molar-refractivity contribution in [3.63, 3.8) is 0 Å². The average Bonchev–Trinajstić information content (AvgIpc) is 1.97. The molecule has 0 spiro atoms. The Labute approximate surface area is 71.5 Å². The Balaban J connectivity index is 4.04. The van der Waals surface area contributed by atoms with Crippen LogP contribution in [-0.2, 0) is 4.74 Å². The highest BCUT2D eigenvalue weighted by molar-refractivity contribution is 6.61. The van der Waals surface area contributed by atoms with Crippen LogP contribution in [0.2, 0.25) is 0 Å². The van der Waals surface area contributed by atoms with Crippen LogP contribution in [0.25, 0.3) is 0 Å². The molecule has 0 N–H and O–H groups in total. The number of halogens is 1. The Morgan fingerprint density at radius 1 is 1.64 bits per heavy atom. The van der Waals surface area contributed by atoms with Crippen molar-refractivity contribution in [2.24, 2.45) is 0 Å². The Kier molecular flexibility index (Phi) is 5.57. The van der Waals surface area contributed by atoms with E-state index in [0.29, 0.717) is 12.2 Å². The molecule has 0 aliphatic carbocycles. The van der Waals surface area contributed by atoms with Gasteiger partial charge in [0, 0.05) is 18.0 Å². The molecule has 0 heterocycles. The van der Waals surface area contributed by atoms with Crippen LogP contribution in [0.1, 0.15) is 20.3 Å². The van der Waals surface area contributed by atoms with E-state index in [4.69, 9.17) is 11.6 Å². The number of hydrogen-bond acceptors (Lipinski definition) is 2. The Hall–Kier alpha value is -0.760. The SMILES string of the molecule is C/C=C\C=C(/CC)OC(=O)Cl. The summed E-state index contributed by atoms with van der Waals surface area (Å²) >= 11 is 5.00. The molecule has 11 heavy (non-hydrogen) atoms. The fourth-order valence-electron chi connectivity index (χ4n) is 0.531. The standard InChI is InChI=1S/C8H11ClO2/c1-3-5-6-7(4-2)11-8(9)10/h3,5-6H,4H2,1-2H3/b5-3-,7-6+. The Morgan fingerprint density at radius 3 is 2.64 bits per heavy atom. The molecule has 0 aliphatic rings. The van der Waals surface area contributed by atoms with Gasteiger partial charge in [-0.3, -0.25) is 0 Å². The predicted octanol–water partition coefficient (Wildman–Crippen LogP) is 3.23. The van der Waals surface area contributed by atoms with Gasteiger partial charge in [-0.25, -0.2) is 4.79 Å². The second kappa shape index (κ2) is 5.98. The van der Waals surface area contributed by atoms with Crippen molar-refractivity contribution in [1.82, 2.24) is 0 Å². The van der Waals surface area contributed by atoms with Gasteiger partial charge in [0.25, 0.3) is 0 Å². The first-order chi connectivity index (χ1) is 5.20. The zero-order valence-electron chi connectivity index (χ0n) is 6.63. The minimum atomic E-state index is -0.789. The molecule has 0 unspecified atom stereocenters. The van der Waals surface area contributed by atoms with Gasteiger partial charge in [-0.05, 0) is 13.0 Å². The van der Waals surface area contributed by atoms with Crippen LogP contribution in [-0.4, -0.2) is 5.43 Å². The molecule has 62 valence electrons. The van der Waals surface area contributed by atoms with Gasteiger partial charge >= 0.3 is 5.43 Å². The van der Waals surface area contributed by atoms with Gasteiger partial charge in [0.2, 0.25) is 0 Å². The van der Waals surface area contributed by atoms with Gasteiger partial charge in [0.15, 0.2) is 0 Å². The van der Waals surface area contributed by atoms with E-state index in [2.05, 4.69) is 4.74 Å². The highest BCUT2D eigenvalue weighted by Gasteiger charge is 1.98. The van der Waals surface area contributed by atoms with E-state index >= 15 is 0 Å². The molecule has 0 aromatic carbocycles. The van der Waals surface area contributed by atoms with Crippen molar-refractivity contribution in [3.8, 4) is 0 Å². The lowest BCUT2D eigenvalue weighted by atomic mass is 10.3. The molecule has 0 fully saturated rings. The molecule has 0 aliphatic heterocycles. The van der Waals surface area contributed by atoms with Crippen LogP contribution in [0.15, 0.2) is 24.0 Å². The van der Waals surface area contributed by atoms with E-state index in [0.717, 1.165) is 0 Å². The topological polar surface area (TPSA) is 26.3 Å². The van der Waals surface area contributed by atoms with Crippen LogP contribution in [0.4, 0.5) is 4.79 Å². The normalized spacial score (nSPS) is 12.1. The summed E-state index contributed by atoms with van der Waals surface area (Å²) in [7, 11) is 0. The zero-order valence-corrected chi connectivity index (χ0v) is 7.39. The summed E-state index contributed by atoms with van der Waals surface area (Å²) in [5.74, 6) is 0.572. The number of allylic oxidation sites excluding steroid dienone is 4. The number of carbonyl (C=O) groups is 1. The van der Waals surface area contributed by atoms with Gasteiger partial charge in [0.1, 0.15) is 5.76 Å². The predicted molar refractivity (Wildman–Crippen MR) is 45.5 cm³/mol. The van der Waals surface area contributed by atoms with Gasteiger partial charge in [-0.15, -0.1) is 0 Å². The second-order valence-corrected chi connectivity index (χ2v) is 2.16. The Bertz CT molecular complexity index is 183. The zero-order chi connectivity index (χ0) is 8.69. The quantitative estimate of drug-likeness (QED) is 0.373. The molecular weight excluding hydrogens is 164 g/mol. The maximum absolute atomic E-state index is 10.3. The molecule has 0 bridgehead atoms. The van der Waals surface area contributed by atoms with E-state index < -0.39 is 5.43 Å². The molecule has 0 aromatic heterocycles. The van der Waals surface area contributed by atoms with Crippen LogP contribution in [0.5, 0.6) is 0 Å². The molecular formula is C8H11ClO2. The molecule has 0 amide bonds. The minimum Gasteiger partial charge on any atom is -0.419 e. The van der Waals surface area contributed by atoms with Crippen LogP contribution >= 0.6 is 11.6 Å². The highest BCUT2D eigenvalue weighted by atomic mass is 35.5. The minimum absolute atomic E-state index is 0.572. The van der Waals surface area contributed by atoms with E-state index in [1.54, 1.807) is 12.2 Å². The number of carbonyl (C=O) groups excluding carboxylic acids is 1. The summed E-state index contributed by atoms with van der Waals surface area (Å²) < 4.78 is 4.64. The summed E-state index contributed by atoms with van der Waals surface area (Å²) in [6, 6.07) is 0. The number of ether oxygens (including phenoxy) is 1. The second-order valence-electron chi connectivity index (χ2n) is 1.85. The van der Waals surface area contributed by atoms with E-state index in [9.17, 15) is 4.79 Å². The molecule has 0 aromatic rings. The van der Waals surface area contributed by atoms with Crippen molar-refractivity contribution in [3.05, 3.63) is 24.0 Å². The fraction of sp³-hybridized carbons (Fsp3) is 0.375. The average molecular weight is 175 g/mol. The molecule has 0 atom stereocenters. The van der Waals surface area contributed by atoms with Gasteiger partial charge in [0.05, 0.1) is 0 Å². The first-order valence-electron chi connectivity index (χ1n) is 3.39. The number of hydrogen-bond donors (Lipinski definition) is 0. The third-order valence-corrected chi connectivity index (χ3v) is 1.11. The van der Waals surface area contributed by atoms with E-state index in [1.165, 1.54) is 0 Å². The van der Waals surface area contributed by atoms with Crippen molar-refractivity contribution in [2.75, 3.05) is 0 Å². The molecule has 0 saturated carbocycles. The van der Waals surface area contributed by atoms with Gasteiger partial charge < -0.3 is 4.74 Å². The largest absolute Gasteiger partial charge is 0.419 e. The maximum atomic E-state index is 10.3.